The Kier molecular flexibility index (Phi) is 3.16. The second-order valence-corrected chi connectivity index (χ2v) is 3.28. The van der Waals surface area contributed by atoms with Crippen LogP contribution in [0, 0.1) is 0 Å². The number of H-pyrrole nitrogens is 1. The molecule has 0 fully saturated rings. The van der Waals surface area contributed by atoms with Crippen LogP contribution in [0.25, 0.3) is 0 Å². The van der Waals surface area contributed by atoms with Crippen LogP contribution in [0.5, 0.6) is 0 Å². The summed E-state index contributed by atoms with van der Waals surface area (Å²) in [5.74, 6) is 0.846. The van der Waals surface area contributed by atoms with Gasteiger partial charge in [0.1, 0.15) is 5.02 Å². The fourth-order valence-electron chi connectivity index (χ4n) is 1.10. The fourth-order valence-corrected chi connectivity index (χ4v) is 1.27. The second kappa shape index (κ2) is 4.75. The summed E-state index contributed by atoms with van der Waals surface area (Å²) < 4.78 is 4.80. The van der Waals surface area contributed by atoms with Crippen molar-refractivity contribution < 1.29 is 4.52 Å². The molecule has 2 aromatic heterocycles. The van der Waals surface area contributed by atoms with Crippen LogP contribution in [0.1, 0.15) is 5.89 Å². The van der Waals surface area contributed by atoms with Gasteiger partial charge >= 0.3 is 0 Å². The number of nitrogens with zero attached hydrogens (tertiary/aromatic N) is 3. The molecule has 0 radical (unpaired) electrons. The molecular formula is C8H8ClN5O2. The zero-order valence-corrected chi connectivity index (χ0v) is 8.86. The molecule has 0 amide bonds. The third-order valence-corrected chi connectivity index (χ3v) is 2.19. The Labute approximate surface area is 94.9 Å². The molecule has 0 saturated carbocycles. The van der Waals surface area contributed by atoms with E-state index in [1.165, 1.54) is 12.7 Å². The Hall–Kier alpha value is -1.89. The number of anilines is 1. The van der Waals surface area contributed by atoms with Gasteiger partial charge in [-0.25, -0.2) is 4.98 Å². The Morgan fingerprint density at radius 1 is 1.50 bits per heavy atom. The molecule has 0 aliphatic carbocycles. The molecule has 8 heteroatoms. The van der Waals surface area contributed by atoms with E-state index in [4.69, 9.17) is 16.1 Å². The molecular weight excluding hydrogens is 234 g/mol. The Morgan fingerprint density at radius 2 is 2.38 bits per heavy atom. The topological polar surface area (TPSA) is 96.7 Å². The Morgan fingerprint density at radius 3 is 3.12 bits per heavy atom. The largest absolute Gasteiger partial charge is 0.368 e. The van der Waals surface area contributed by atoms with Gasteiger partial charge in [-0.05, 0) is 0 Å². The summed E-state index contributed by atoms with van der Waals surface area (Å²) >= 11 is 5.73. The zero-order valence-electron chi connectivity index (χ0n) is 8.11. The molecule has 0 unspecified atom stereocenters. The molecule has 7 nitrogen and oxygen atoms in total. The van der Waals surface area contributed by atoms with E-state index in [1.807, 2.05) is 0 Å². The summed E-state index contributed by atoms with van der Waals surface area (Å²) in [6.45, 7) is 0.498. The molecule has 2 N–H and O–H groups in total. The van der Waals surface area contributed by atoms with E-state index in [1.54, 1.807) is 0 Å². The summed E-state index contributed by atoms with van der Waals surface area (Å²) in [7, 11) is 0. The molecule has 0 aromatic carbocycles. The maximum Gasteiger partial charge on any atom is 0.271 e. The average Bonchev–Trinajstić information content (AvgIpc) is 2.77. The van der Waals surface area contributed by atoms with Crippen molar-refractivity contribution in [3.05, 3.63) is 33.9 Å². The first-order chi connectivity index (χ1) is 7.77. The monoisotopic (exact) mass is 241 g/mol. The Balaban J connectivity index is 1.95. The summed E-state index contributed by atoms with van der Waals surface area (Å²) in [5, 5.41) is 6.41. The van der Waals surface area contributed by atoms with Crippen molar-refractivity contribution in [1.82, 2.24) is 20.1 Å². The lowest BCUT2D eigenvalue weighted by molar-refractivity contribution is 0.379. The van der Waals surface area contributed by atoms with E-state index in [0.29, 0.717) is 24.7 Å². The first-order valence-corrected chi connectivity index (χ1v) is 4.88. The minimum absolute atomic E-state index is 0.0352. The van der Waals surface area contributed by atoms with Crippen molar-refractivity contribution in [2.45, 2.75) is 6.42 Å². The summed E-state index contributed by atoms with van der Waals surface area (Å²) in [4.78, 5) is 21.2. The summed E-state index contributed by atoms with van der Waals surface area (Å²) in [6.07, 6.45) is 3.14. The van der Waals surface area contributed by atoms with Crippen LogP contribution in [0.2, 0.25) is 5.02 Å². The minimum atomic E-state index is -0.378. The fraction of sp³-hybridized carbons (Fsp3) is 0.250. The molecule has 2 rings (SSSR count). The first kappa shape index (κ1) is 10.6. The predicted molar refractivity (Wildman–Crippen MR) is 56.4 cm³/mol. The van der Waals surface area contributed by atoms with Gasteiger partial charge in [0, 0.05) is 13.0 Å². The highest BCUT2D eigenvalue weighted by atomic mass is 35.5. The van der Waals surface area contributed by atoms with Crippen LogP contribution in [0.4, 0.5) is 5.82 Å². The Bertz CT molecular complexity index is 509. The number of aromatic nitrogens is 4. The first-order valence-electron chi connectivity index (χ1n) is 4.50. The third kappa shape index (κ3) is 2.37. The maximum atomic E-state index is 11.1. The molecule has 0 saturated heterocycles. The van der Waals surface area contributed by atoms with Gasteiger partial charge in [0.25, 0.3) is 5.56 Å². The smallest absolute Gasteiger partial charge is 0.271 e. The second-order valence-electron chi connectivity index (χ2n) is 2.91. The van der Waals surface area contributed by atoms with Crippen molar-refractivity contribution in [1.29, 1.82) is 0 Å². The van der Waals surface area contributed by atoms with Crippen molar-refractivity contribution in [3.63, 3.8) is 0 Å². The number of hydrogen-bond donors (Lipinski definition) is 2. The molecule has 0 aliphatic rings. The minimum Gasteiger partial charge on any atom is -0.368 e. The molecule has 0 spiro atoms. The summed E-state index contributed by atoms with van der Waals surface area (Å²) in [5.41, 5.74) is -0.378. The van der Waals surface area contributed by atoms with Gasteiger partial charge in [0.2, 0.25) is 5.89 Å². The van der Waals surface area contributed by atoms with Gasteiger partial charge < -0.3 is 14.8 Å². The van der Waals surface area contributed by atoms with Crippen molar-refractivity contribution in [2.24, 2.45) is 0 Å². The lowest BCUT2D eigenvalue weighted by atomic mass is 10.4. The van der Waals surface area contributed by atoms with Crippen LogP contribution in [0.3, 0.4) is 0 Å². The van der Waals surface area contributed by atoms with E-state index in [2.05, 4.69) is 25.4 Å². The van der Waals surface area contributed by atoms with E-state index in [0.717, 1.165) is 0 Å². The quantitative estimate of drug-likeness (QED) is 0.807. The average molecular weight is 242 g/mol. The van der Waals surface area contributed by atoms with Crippen molar-refractivity contribution in [3.8, 4) is 0 Å². The zero-order chi connectivity index (χ0) is 11.4. The highest BCUT2D eigenvalue weighted by Crippen LogP contribution is 2.11. The van der Waals surface area contributed by atoms with Gasteiger partial charge in [-0.2, -0.15) is 4.98 Å². The van der Waals surface area contributed by atoms with E-state index in [9.17, 15) is 4.79 Å². The van der Waals surface area contributed by atoms with Crippen LogP contribution in [-0.2, 0) is 6.42 Å². The molecule has 2 heterocycles. The lowest BCUT2D eigenvalue weighted by Crippen LogP contribution is -2.13. The summed E-state index contributed by atoms with van der Waals surface area (Å²) in [6, 6.07) is 0. The van der Waals surface area contributed by atoms with Crippen molar-refractivity contribution in [2.75, 3.05) is 11.9 Å². The molecule has 84 valence electrons. The van der Waals surface area contributed by atoms with Crippen LogP contribution >= 0.6 is 11.6 Å². The van der Waals surface area contributed by atoms with Gasteiger partial charge in [0.05, 0.1) is 6.33 Å². The normalized spacial score (nSPS) is 10.3. The van der Waals surface area contributed by atoms with E-state index >= 15 is 0 Å². The number of aromatic amines is 1. The third-order valence-electron chi connectivity index (χ3n) is 1.83. The standard InChI is InChI=1S/C8H8ClN5O2/c9-6-7(12-3-13-8(6)15)10-2-1-5-11-4-14-16-5/h3-4H,1-2H2,(H2,10,12,13,15). The number of nitrogens with one attached hydrogen (secondary N) is 2. The van der Waals surface area contributed by atoms with Crippen LogP contribution in [-0.4, -0.2) is 26.7 Å². The molecule has 16 heavy (non-hydrogen) atoms. The molecule has 0 aliphatic heterocycles. The maximum absolute atomic E-state index is 11.1. The molecule has 2 aromatic rings. The van der Waals surface area contributed by atoms with Gasteiger partial charge in [0.15, 0.2) is 12.1 Å². The highest BCUT2D eigenvalue weighted by molar-refractivity contribution is 6.32. The SMILES string of the molecule is O=c1[nH]cnc(NCCc2ncno2)c1Cl. The highest BCUT2D eigenvalue weighted by Gasteiger charge is 2.05. The van der Waals surface area contributed by atoms with Crippen molar-refractivity contribution >= 4 is 17.4 Å². The predicted octanol–water partition coefficient (Wildman–Crippen LogP) is 0.461. The molecule has 0 atom stereocenters. The van der Waals surface area contributed by atoms with Gasteiger partial charge in [-0.3, -0.25) is 4.79 Å². The lowest BCUT2D eigenvalue weighted by Gasteiger charge is -2.03. The van der Waals surface area contributed by atoms with Gasteiger partial charge in [-0.1, -0.05) is 16.8 Å². The number of hydrogen-bond acceptors (Lipinski definition) is 6. The number of halogens is 1. The number of rotatable bonds is 4. The van der Waals surface area contributed by atoms with Crippen LogP contribution < -0.4 is 10.9 Å². The van der Waals surface area contributed by atoms with Crippen LogP contribution in [0.15, 0.2) is 22.0 Å². The van der Waals surface area contributed by atoms with E-state index in [-0.39, 0.29) is 10.6 Å². The van der Waals surface area contributed by atoms with Gasteiger partial charge in [-0.15, -0.1) is 0 Å². The van der Waals surface area contributed by atoms with E-state index < -0.39 is 0 Å². The molecule has 0 bridgehead atoms.